The van der Waals surface area contributed by atoms with Crippen LogP contribution in [0.4, 0.5) is 4.39 Å². The topological polar surface area (TPSA) is 41.6 Å². The Labute approximate surface area is 125 Å². The highest BCUT2D eigenvalue weighted by atomic mass is 19.1. The Morgan fingerprint density at radius 1 is 1.33 bits per heavy atom. The first-order chi connectivity index (χ1) is 10.2. The largest absolute Gasteiger partial charge is 0.494 e. The Morgan fingerprint density at radius 3 is 2.62 bits per heavy atom. The fourth-order valence-corrected chi connectivity index (χ4v) is 2.52. The van der Waals surface area contributed by atoms with Crippen molar-refractivity contribution in [2.75, 3.05) is 26.7 Å². The van der Waals surface area contributed by atoms with Crippen LogP contribution < -0.4 is 10.1 Å². The summed E-state index contributed by atoms with van der Waals surface area (Å²) in [6, 6.07) is 6.47. The zero-order chi connectivity index (χ0) is 15.1. The van der Waals surface area contributed by atoms with Gasteiger partial charge in [-0.3, -0.25) is 4.79 Å². The Kier molecular flexibility index (Phi) is 5.99. The third-order valence-corrected chi connectivity index (χ3v) is 3.87. The van der Waals surface area contributed by atoms with Gasteiger partial charge in [0.25, 0.3) is 0 Å². The smallest absolute Gasteiger partial charge is 0.222 e. The fourth-order valence-electron chi connectivity index (χ4n) is 2.52. The molecule has 0 aliphatic carbocycles. The minimum Gasteiger partial charge on any atom is -0.494 e. The number of carbonyl (C=O) groups excluding carboxylic acids is 1. The van der Waals surface area contributed by atoms with Gasteiger partial charge >= 0.3 is 0 Å². The molecule has 21 heavy (non-hydrogen) atoms. The van der Waals surface area contributed by atoms with Gasteiger partial charge in [-0.1, -0.05) is 0 Å². The number of likely N-dealkylation sites (tertiary alicyclic amines) is 1. The molecule has 0 atom stereocenters. The molecule has 1 fully saturated rings. The van der Waals surface area contributed by atoms with Crippen molar-refractivity contribution in [2.45, 2.75) is 31.7 Å². The van der Waals surface area contributed by atoms with Crippen LogP contribution in [-0.4, -0.2) is 43.6 Å². The molecule has 0 spiro atoms. The van der Waals surface area contributed by atoms with Gasteiger partial charge in [-0.05, 0) is 50.6 Å². The number of hydrogen-bond acceptors (Lipinski definition) is 3. The molecular weight excluding hydrogens is 271 g/mol. The number of benzene rings is 1. The van der Waals surface area contributed by atoms with Crippen LogP contribution in [0.5, 0.6) is 5.75 Å². The van der Waals surface area contributed by atoms with Crippen LogP contribution in [0, 0.1) is 5.82 Å². The van der Waals surface area contributed by atoms with Crippen molar-refractivity contribution in [3.8, 4) is 5.75 Å². The first-order valence-electron chi connectivity index (χ1n) is 7.52. The van der Waals surface area contributed by atoms with Crippen LogP contribution in [0.2, 0.25) is 0 Å². The van der Waals surface area contributed by atoms with Gasteiger partial charge in [-0.25, -0.2) is 4.39 Å². The lowest BCUT2D eigenvalue weighted by molar-refractivity contribution is -0.132. The Morgan fingerprint density at radius 2 is 2.00 bits per heavy atom. The molecule has 1 saturated heterocycles. The molecule has 1 heterocycles. The number of rotatable bonds is 6. The average Bonchev–Trinajstić information content (AvgIpc) is 2.53. The second-order valence-corrected chi connectivity index (χ2v) is 5.35. The summed E-state index contributed by atoms with van der Waals surface area (Å²) in [7, 11) is 1.97. The van der Waals surface area contributed by atoms with E-state index in [0.29, 0.717) is 31.2 Å². The van der Waals surface area contributed by atoms with Crippen LogP contribution in [-0.2, 0) is 4.79 Å². The quantitative estimate of drug-likeness (QED) is 0.818. The number of halogens is 1. The highest BCUT2D eigenvalue weighted by Crippen LogP contribution is 2.13. The van der Waals surface area contributed by atoms with Gasteiger partial charge in [0.05, 0.1) is 6.61 Å². The van der Waals surface area contributed by atoms with E-state index in [0.717, 1.165) is 25.9 Å². The SMILES string of the molecule is CNC1CCN(C(=O)CCCOc2ccc(F)cc2)CC1. The second kappa shape index (κ2) is 7.98. The van der Waals surface area contributed by atoms with Gasteiger partial charge in [0.2, 0.25) is 5.91 Å². The molecule has 116 valence electrons. The summed E-state index contributed by atoms with van der Waals surface area (Å²) >= 11 is 0. The molecule has 1 N–H and O–H groups in total. The molecule has 1 aliphatic rings. The van der Waals surface area contributed by atoms with Crippen LogP contribution in [0.25, 0.3) is 0 Å². The number of nitrogens with one attached hydrogen (secondary N) is 1. The van der Waals surface area contributed by atoms with E-state index in [1.807, 2.05) is 11.9 Å². The molecule has 1 aromatic carbocycles. The maximum Gasteiger partial charge on any atom is 0.222 e. The Hall–Kier alpha value is -1.62. The van der Waals surface area contributed by atoms with Crippen molar-refractivity contribution in [2.24, 2.45) is 0 Å². The summed E-state index contributed by atoms with van der Waals surface area (Å²) in [4.78, 5) is 14.0. The van der Waals surface area contributed by atoms with Crippen LogP contribution >= 0.6 is 0 Å². The predicted molar refractivity (Wildman–Crippen MR) is 79.8 cm³/mol. The Bertz CT molecular complexity index is 442. The number of nitrogens with zero attached hydrogens (tertiary/aromatic N) is 1. The van der Waals surface area contributed by atoms with E-state index in [4.69, 9.17) is 4.74 Å². The standard InChI is InChI=1S/C16H23FN2O2/c1-18-14-8-10-19(11-9-14)16(20)3-2-12-21-15-6-4-13(17)5-7-15/h4-7,14,18H,2-3,8-12H2,1H3. The second-order valence-electron chi connectivity index (χ2n) is 5.35. The van der Waals surface area contributed by atoms with E-state index in [2.05, 4.69) is 5.32 Å². The average molecular weight is 294 g/mol. The molecule has 1 aliphatic heterocycles. The molecular formula is C16H23FN2O2. The van der Waals surface area contributed by atoms with Crippen LogP contribution in [0.3, 0.4) is 0 Å². The molecule has 0 bridgehead atoms. The summed E-state index contributed by atoms with van der Waals surface area (Å²) in [6.45, 7) is 2.15. The third kappa shape index (κ3) is 5.01. The number of hydrogen-bond donors (Lipinski definition) is 1. The molecule has 1 aromatic rings. The van der Waals surface area contributed by atoms with E-state index < -0.39 is 0 Å². The normalized spacial score (nSPS) is 16.0. The zero-order valence-electron chi connectivity index (χ0n) is 12.5. The van der Waals surface area contributed by atoms with Crippen molar-refractivity contribution in [1.29, 1.82) is 0 Å². The van der Waals surface area contributed by atoms with E-state index in [9.17, 15) is 9.18 Å². The van der Waals surface area contributed by atoms with Gasteiger partial charge in [-0.15, -0.1) is 0 Å². The van der Waals surface area contributed by atoms with E-state index in [-0.39, 0.29) is 11.7 Å². The number of piperidine rings is 1. The zero-order valence-corrected chi connectivity index (χ0v) is 12.5. The van der Waals surface area contributed by atoms with Gasteiger partial charge in [0, 0.05) is 25.6 Å². The molecule has 4 nitrogen and oxygen atoms in total. The van der Waals surface area contributed by atoms with Crippen molar-refractivity contribution in [3.63, 3.8) is 0 Å². The van der Waals surface area contributed by atoms with Crippen molar-refractivity contribution in [1.82, 2.24) is 10.2 Å². The first-order valence-corrected chi connectivity index (χ1v) is 7.52. The van der Waals surface area contributed by atoms with Crippen LogP contribution in [0.1, 0.15) is 25.7 Å². The van der Waals surface area contributed by atoms with Crippen molar-refractivity contribution >= 4 is 5.91 Å². The molecule has 0 saturated carbocycles. The molecule has 2 rings (SSSR count). The van der Waals surface area contributed by atoms with Gasteiger partial charge in [0.1, 0.15) is 11.6 Å². The fraction of sp³-hybridized carbons (Fsp3) is 0.562. The number of carbonyl (C=O) groups is 1. The highest BCUT2D eigenvalue weighted by Gasteiger charge is 2.21. The summed E-state index contributed by atoms with van der Waals surface area (Å²) < 4.78 is 18.2. The Balaban J connectivity index is 1.62. The summed E-state index contributed by atoms with van der Waals surface area (Å²) in [6.07, 6.45) is 3.23. The van der Waals surface area contributed by atoms with Crippen LogP contribution in [0.15, 0.2) is 24.3 Å². The molecule has 0 radical (unpaired) electrons. The lowest BCUT2D eigenvalue weighted by atomic mass is 10.0. The molecule has 1 amide bonds. The number of ether oxygens (including phenoxy) is 1. The van der Waals surface area contributed by atoms with E-state index >= 15 is 0 Å². The minimum absolute atomic E-state index is 0.201. The predicted octanol–water partition coefficient (Wildman–Crippen LogP) is 2.20. The molecule has 0 aromatic heterocycles. The van der Waals surface area contributed by atoms with Crippen molar-refractivity contribution in [3.05, 3.63) is 30.1 Å². The van der Waals surface area contributed by atoms with E-state index in [1.165, 1.54) is 12.1 Å². The maximum atomic E-state index is 12.7. The molecule has 5 heteroatoms. The summed E-state index contributed by atoms with van der Waals surface area (Å²) in [5, 5.41) is 3.25. The summed E-state index contributed by atoms with van der Waals surface area (Å²) in [5.74, 6) is 0.563. The monoisotopic (exact) mass is 294 g/mol. The molecule has 0 unspecified atom stereocenters. The third-order valence-electron chi connectivity index (χ3n) is 3.87. The van der Waals surface area contributed by atoms with E-state index in [1.54, 1.807) is 12.1 Å². The van der Waals surface area contributed by atoms with Gasteiger partial charge in [0.15, 0.2) is 0 Å². The summed E-state index contributed by atoms with van der Waals surface area (Å²) in [5.41, 5.74) is 0. The lowest BCUT2D eigenvalue weighted by Crippen LogP contribution is -2.43. The number of amides is 1. The highest BCUT2D eigenvalue weighted by molar-refractivity contribution is 5.76. The lowest BCUT2D eigenvalue weighted by Gasteiger charge is -2.31. The first kappa shape index (κ1) is 15.8. The minimum atomic E-state index is -0.275. The van der Waals surface area contributed by atoms with Gasteiger partial charge < -0.3 is 15.0 Å². The maximum absolute atomic E-state index is 12.7. The van der Waals surface area contributed by atoms with Crippen molar-refractivity contribution < 1.29 is 13.9 Å². The van der Waals surface area contributed by atoms with Gasteiger partial charge in [-0.2, -0.15) is 0 Å².